The minimum Gasteiger partial charge on any atom is -0.481 e. The van der Waals surface area contributed by atoms with E-state index in [2.05, 4.69) is 5.32 Å². The lowest BCUT2D eigenvalue weighted by atomic mass is 9.88. The molecule has 2 N–H and O–H groups in total. The molecule has 118 valence electrons. The first-order valence-electron chi connectivity index (χ1n) is 7.99. The van der Waals surface area contributed by atoms with Crippen LogP contribution in [0.3, 0.4) is 0 Å². The fourth-order valence-corrected chi connectivity index (χ4v) is 5.39. The van der Waals surface area contributed by atoms with Gasteiger partial charge in [0.05, 0.1) is 0 Å². The van der Waals surface area contributed by atoms with E-state index in [-0.39, 0.29) is 30.5 Å². The first kappa shape index (κ1) is 15.0. The van der Waals surface area contributed by atoms with Crippen molar-refractivity contribution in [2.75, 3.05) is 18.1 Å². The van der Waals surface area contributed by atoms with Gasteiger partial charge in [-0.1, -0.05) is 0 Å². The third-order valence-electron chi connectivity index (χ3n) is 5.09. The summed E-state index contributed by atoms with van der Waals surface area (Å²) in [6, 6.07) is 0.588. The molecular weight excluding hydrogens is 288 g/mol. The zero-order chi connectivity index (χ0) is 14.8. The molecule has 0 aromatic rings. The van der Waals surface area contributed by atoms with Crippen molar-refractivity contribution in [1.29, 1.82) is 0 Å². The van der Waals surface area contributed by atoms with E-state index in [9.17, 15) is 9.59 Å². The fraction of sp³-hybridized carbons (Fsp3) is 0.867. The monoisotopic (exact) mass is 312 g/mol. The molecule has 0 spiro atoms. The minimum atomic E-state index is -0.712. The van der Waals surface area contributed by atoms with Gasteiger partial charge < -0.3 is 15.3 Å². The van der Waals surface area contributed by atoms with Crippen molar-refractivity contribution >= 4 is 23.8 Å². The van der Waals surface area contributed by atoms with Crippen LogP contribution < -0.4 is 5.32 Å². The highest BCUT2D eigenvalue weighted by Gasteiger charge is 2.43. The number of rotatable bonds is 4. The summed E-state index contributed by atoms with van der Waals surface area (Å²) in [5.74, 6) is 2.53. The Balaban J connectivity index is 1.52. The normalized spacial score (nSPS) is 35.0. The van der Waals surface area contributed by atoms with Crippen molar-refractivity contribution in [1.82, 2.24) is 10.2 Å². The number of fused-ring (bicyclic) bond motifs is 2. The van der Waals surface area contributed by atoms with Crippen LogP contribution in [0.2, 0.25) is 0 Å². The zero-order valence-electron chi connectivity index (χ0n) is 12.3. The predicted octanol–water partition coefficient (Wildman–Crippen LogP) is 2.17. The van der Waals surface area contributed by atoms with Gasteiger partial charge in [0, 0.05) is 25.0 Å². The van der Waals surface area contributed by atoms with Crippen LogP contribution in [0.15, 0.2) is 0 Å². The third kappa shape index (κ3) is 3.47. The van der Waals surface area contributed by atoms with Crippen LogP contribution in [0.5, 0.6) is 0 Å². The summed E-state index contributed by atoms with van der Waals surface area (Å²) in [5, 5.41) is 12.1. The number of urea groups is 1. The van der Waals surface area contributed by atoms with Crippen LogP contribution in [-0.2, 0) is 4.79 Å². The molecule has 3 aliphatic rings. The molecule has 3 fully saturated rings. The Morgan fingerprint density at radius 2 is 1.86 bits per heavy atom. The number of carboxylic acid groups (broad SMARTS) is 1. The molecular formula is C15H24N2O3S. The average molecular weight is 312 g/mol. The van der Waals surface area contributed by atoms with Crippen molar-refractivity contribution in [3.05, 3.63) is 0 Å². The predicted molar refractivity (Wildman–Crippen MR) is 82.5 cm³/mol. The van der Waals surface area contributed by atoms with Crippen molar-refractivity contribution in [2.24, 2.45) is 11.8 Å². The van der Waals surface area contributed by atoms with Crippen LogP contribution >= 0.6 is 11.8 Å². The van der Waals surface area contributed by atoms with Crippen LogP contribution in [0.1, 0.15) is 38.5 Å². The number of carbonyl (C=O) groups is 2. The Hall–Kier alpha value is -0.910. The lowest BCUT2D eigenvalue weighted by molar-refractivity contribution is -0.138. The summed E-state index contributed by atoms with van der Waals surface area (Å²) in [5.41, 5.74) is 0. The summed E-state index contributed by atoms with van der Waals surface area (Å²) >= 11 is 1.97. The van der Waals surface area contributed by atoms with Gasteiger partial charge in [-0.2, -0.15) is 11.8 Å². The molecule has 21 heavy (non-hydrogen) atoms. The number of carbonyl (C=O) groups excluding carboxylic acids is 1. The number of hydrogen-bond donors (Lipinski definition) is 2. The largest absolute Gasteiger partial charge is 0.481 e. The number of carboxylic acids is 1. The molecule has 3 heterocycles. The van der Waals surface area contributed by atoms with Gasteiger partial charge in [0.15, 0.2) is 0 Å². The molecule has 3 aliphatic heterocycles. The second kappa shape index (κ2) is 6.46. The number of nitrogens with zero attached hydrogens (tertiary/aromatic N) is 1. The van der Waals surface area contributed by atoms with E-state index < -0.39 is 5.97 Å². The van der Waals surface area contributed by atoms with Crippen LogP contribution in [-0.4, -0.2) is 52.1 Å². The zero-order valence-corrected chi connectivity index (χ0v) is 13.1. The molecule has 0 saturated carbocycles. The molecule has 6 heteroatoms. The Morgan fingerprint density at radius 1 is 1.14 bits per heavy atom. The van der Waals surface area contributed by atoms with E-state index >= 15 is 0 Å². The molecule has 0 radical (unpaired) electrons. The molecule has 5 nitrogen and oxygen atoms in total. The molecule has 3 unspecified atom stereocenters. The van der Waals surface area contributed by atoms with Crippen molar-refractivity contribution in [2.45, 2.75) is 50.6 Å². The maximum absolute atomic E-state index is 12.4. The van der Waals surface area contributed by atoms with Crippen molar-refractivity contribution in [3.63, 3.8) is 0 Å². The van der Waals surface area contributed by atoms with E-state index in [0.717, 1.165) is 38.0 Å². The lowest BCUT2D eigenvalue weighted by Crippen LogP contribution is -2.51. The van der Waals surface area contributed by atoms with Crippen molar-refractivity contribution < 1.29 is 14.7 Å². The molecule has 0 aliphatic carbocycles. The van der Waals surface area contributed by atoms with E-state index in [1.165, 1.54) is 12.2 Å². The topological polar surface area (TPSA) is 69.6 Å². The third-order valence-corrected chi connectivity index (χ3v) is 6.33. The van der Waals surface area contributed by atoms with Gasteiger partial charge in [0.25, 0.3) is 0 Å². The van der Waals surface area contributed by atoms with Gasteiger partial charge in [-0.15, -0.1) is 0 Å². The van der Waals surface area contributed by atoms with Crippen LogP contribution in [0.4, 0.5) is 4.79 Å². The van der Waals surface area contributed by atoms with Gasteiger partial charge >= 0.3 is 12.0 Å². The maximum Gasteiger partial charge on any atom is 0.317 e. The summed E-state index contributed by atoms with van der Waals surface area (Å²) < 4.78 is 0. The Bertz CT molecular complexity index is 398. The summed E-state index contributed by atoms with van der Waals surface area (Å²) in [7, 11) is 0. The smallest absolute Gasteiger partial charge is 0.317 e. The van der Waals surface area contributed by atoms with Crippen LogP contribution in [0, 0.1) is 11.8 Å². The first-order valence-corrected chi connectivity index (χ1v) is 9.14. The maximum atomic E-state index is 12.4. The van der Waals surface area contributed by atoms with Gasteiger partial charge in [-0.3, -0.25) is 4.79 Å². The quantitative estimate of drug-likeness (QED) is 0.834. The number of thioether (sulfide) groups is 1. The molecule has 3 atom stereocenters. The van der Waals surface area contributed by atoms with Gasteiger partial charge in [-0.25, -0.2) is 4.79 Å². The second-order valence-corrected chi connectivity index (χ2v) is 7.79. The highest BCUT2D eigenvalue weighted by atomic mass is 32.2. The van der Waals surface area contributed by atoms with Gasteiger partial charge in [0.1, 0.15) is 0 Å². The second-order valence-electron chi connectivity index (χ2n) is 6.64. The molecule has 3 rings (SSSR count). The van der Waals surface area contributed by atoms with E-state index in [1.54, 1.807) is 0 Å². The van der Waals surface area contributed by atoms with Crippen molar-refractivity contribution in [3.8, 4) is 0 Å². The standard InChI is InChI=1S/C15H24N2O3S/c18-14(19)7-11-5-12-1-2-13(6-11)17(12)15(20)16-8-10-3-4-21-9-10/h10-13H,1-9H2,(H,16,20)(H,18,19). The molecule has 2 amide bonds. The number of hydrogen-bond acceptors (Lipinski definition) is 3. The highest BCUT2D eigenvalue weighted by molar-refractivity contribution is 7.99. The first-order chi connectivity index (χ1) is 10.1. The SMILES string of the molecule is O=C(O)CC1CC2CCC(C1)N2C(=O)NCC1CCSC1. The molecule has 3 saturated heterocycles. The van der Waals surface area contributed by atoms with Crippen LogP contribution in [0.25, 0.3) is 0 Å². The van der Waals surface area contributed by atoms with E-state index in [4.69, 9.17) is 5.11 Å². The van der Waals surface area contributed by atoms with Gasteiger partial charge in [0.2, 0.25) is 0 Å². The number of nitrogens with one attached hydrogen (secondary N) is 1. The Morgan fingerprint density at radius 3 is 2.43 bits per heavy atom. The Kier molecular flexibility index (Phi) is 4.62. The van der Waals surface area contributed by atoms with E-state index in [1.807, 2.05) is 16.7 Å². The number of aliphatic carboxylic acids is 1. The lowest BCUT2D eigenvalue weighted by Gasteiger charge is -2.38. The molecule has 0 aromatic heterocycles. The highest BCUT2D eigenvalue weighted by Crippen LogP contribution is 2.39. The molecule has 2 bridgehead atoms. The summed E-state index contributed by atoms with van der Waals surface area (Å²) in [6.07, 6.45) is 5.24. The molecule has 0 aromatic carbocycles. The summed E-state index contributed by atoms with van der Waals surface area (Å²) in [6.45, 7) is 0.792. The Labute approximate surface area is 129 Å². The van der Waals surface area contributed by atoms with Gasteiger partial charge in [-0.05, 0) is 55.4 Å². The minimum absolute atomic E-state index is 0.0770. The number of amides is 2. The van der Waals surface area contributed by atoms with E-state index in [0.29, 0.717) is 5.92 Å². The average Bonchev–Trinajstić information content (AvgIpc) is 3.02. The fourth-order valence-electron chi connectivity index (χ4n) is 4.10. The summed E-state index contributed by atoms with van der Waals surface area (Å²) in [4.78, 5) is 25.3. The number of piperidine rings is 1.